The van der Waals surface area contributed by atoms with Crippen LogP contribution in [0.25, 0.3) is 0 Å². The van der Waals surface area contributed by atoms with Gasteiger partial charge in [0, 0.05) is 18.3 Å². The van der Waals surface area contributed by atoms with Crippen LogP contribution in [0.5, 0.6) is 0 Å². The number of hydrogen-bond acceptors (Lipinski definition) is 4. The second-order valence-electron chi connectivity index (χ2n) is 5.68. The van der Waals surface area contributed by atoms with E-state index in [1.807, 2.05) is 6.92 Å². The van der Waals surface area contributed by atoms with E-state index in [2.05, 4.69) is 10.1 Å². The summed E-state index contributed by atoms with van der Waals surface area (Å²) in [6.45, 7) is 2.26. The molecule has 0 spiro atoms. The summed E-state index contributed by atoms with van der Waals surface area (Å²) in [6.07, 6.45) is 1.44. The fourth-order valence-electron chi connectivity index (χ4n) is 2.62. The average molecular weight is 319 g/mol. The molecule has 0 unspecified atom stereocenters. The molecule has 124 valence electrons. The first kappa shape index (κ1) is 16.8. The van der Waals surface area contributed by atoms with Crippen LogP contribution in [-0.2, 0) is 9.53 Å². The number of amides is 3. The predicted molar refractivity (Wildman–Crippen MR) is 84.9 cm³/mol. The molecule has 1 fully saturated rings. The average Bonchev–Trinajstić information content (AvgIpc) is 2.54. The molecule has 1 aromatic rings. The van der Waals surface area contributed by atoms with E-state index in [-0.39, 0.29) is 23.9 Å². The molecule has 7 nitrogen and oxygen atoms in total. The third-order valence-corrected chi connectivity index (χ3v) is 4.10. The van der Waals surface area contributed by atoms with Gasteiger partial charge in [-0.25, -0.2) is 9.59 Å². The number of anilines is 1. The van der Waals surface area contributed by atoms with Gasteiger partial charge in [0.2, 0.25) is 5.91 Å². The molecule has 2 atom stereocenters. The van der Waals surface area contributed by atoms with Crippen LogP contribution in [0.1, 0.15) is 30.1 Å². The summed E-state index contributed by atoms with van der Waals surface area (Å²) in [7, 11) is 1.31. The highest BCUT2D eigenvalue weighted by atomic mass is 16.5. The normalized spacial score (nSPS) is 20.7. The third-order valence-electron chi connectivity index (χ3n) is 4.10. The van der Waals surface area contributed by atoms with E-state index >= 15 is 0 Å². The molecule has 1 aliphatic heterocycles. The summed E-state index contributed by atoms with van der Waals surface area (Å²) in [6, 6.07) is 6.17. The molecule has 0 bridgehead atoms. The van der Waals surface area contributed by atoms with E-state index in [9.17, 15) is 14.4 Å². The monoisotopic (exact) mass is 319 g/mol. The van der Waals surface area contributed by atoms with Crippen molar-refractivity contribution in [3.8, 4) is 0 Å². The summed E-state index contributed by atoms with van der Waals surface area (Å²) >= 11 is 0. The Morgan fingerprint density at radius 1 is 1.22 bits per heavy atom. The van der Waals surface area contributed by atoms with Crippen LogP contribution in [-0.4, -0.2) is 42.5 Å². The lowest BCUT2D eigenvalue weighted by atomic mass is 9.93. The summed E-state index contributed by atoms with van der Waals surface area (Å²) in [4.78, 5) is 36.7. The summed E-state index contributed by atoms with van der Waals surface area (Å²) in [5.41, 5.74) is 6.32. The van der Waals surface area contributed by atoms with Crippen LogP contribution < -0.4 is 11.1 Å². The zero-order valence-electron chi connectivity index (χ0n) is 13.2. The molecule has 3 amide bonds. The number of nitrogens with two attached hydrogens (primary N) is 1. The van der Waals surface area contributed by atoms with Gasteiger partial charge in [-0.3, -0.25) is 4.79 Å². The number of rotatable bonds is 3. The molecule has 1 aromatic carbocycles. The van der Waals surface area contributed by atoms with Gasteiger partial charge in [-0.1, -0.05) is 0 Å². The maximum atomic E-state index is 12.4. The van der Waals surface area contributed by atoms with Gasteiger partial charge in [-0.2, -0.15) is 0 Å². The van der Waals surface area contributed by atoms with Gasteiger partial charge in [-0.05, 0) is 44.0 Å². The van der Waals surface area contributed by atoms with Gasteiger partial charge >= 0.3 is 12.0 Å². The lowest BCUT2D eigenvalue weighted by Crippen LogP contribution is -2.50. The molecule has 0 aliphatic carbocycles. The van der Waals surface area contributed by atoms with E-state index in [1.165, 1.54) is 7.11 Å². The molecular weight excluding hydrogens is 298 g/mol. The molecular formula is C16H21N3O4. The smallest absolute Gasteiger partial charge is 0.337 e. The number of primary amides is 1. The maximum Gasteiger partial charge on any atom is 0.337 e. The zero-order valence-corrected chi connectivity index (χ0v) is 13.2. The van der Waals surface area contributed by atoms with Gasteiger partial charge in [0.05, 0.1) is 18.6 Å². The molecule has 23 heavy (non-hydrogen) atoms. The topological polar surface area (TPSA) is 102 Å². The van der Waals surface area contributed by atoms with Crippen LogP contribution in [0, 0.1) is 5.92 Å². The fraction of sp³-hybridized carbons (Fsp3) is 0.438. The van der Waals surface area contributed by atoms with Crippen molar-refractivity contribution in [1.82, 2.24) is 4.90 Å². The van der Waals surface area contributed by atoms with Crippen LogP contribution in [0.3, 0.4) is 0 Å². The number of piperidine rings is 1. The number of benzene rings is 1. The summed E-state index contributed by atoms with van der Waals surface area (Å²) < 4.78 is 4.62. The first-order valence-corrected chi connectivity index (χ1v) is 7.47. The second-order valence-corrected chi connectivity index (χ2v) is 5.68. The fourth-order valence-corrected chi connectivity index (χ4v) is 2.62. The van der Waals surface area contributed by atoms with Crippen molar-refractivity contribution >= 4 is 23.6 Å². The Balaban J connectivity index is 2.02. The molecule has 0 aromatic heterocycles. The van der Waals surface area contributed by atoms with E-state index in [4.69, 9.17) is 5.73 Å². The van der Waals surface area contributed by atoms with Crippen LogP contribution >= 0.6 is 0 Å². The van der Waals surface area contributed by atoms with Crippen LogP contribution in [0.4, 0.5) is 10.5 Å². The van der Waals surface area contributed by atoms with Gasteiger partial charge in [0.15, 0.2) is 0 Å². The Morgan fingerprint density at radius 2 is 1.87 bits per heavy atom. The molecule has 1 saturated heterocycles. The largest absolute Gasteiger partial charge is 0.465 e. The first-order valence-electron chi connectivity index (χ1n) is 7.47. The molecule has 2 rings (SSSR count). The number of methoxy groups -OCH3 is 1. The number of likely N-dealkylation sites (tertiary alicyclic amines) is 1. The van der Waals surface area contributed by atoms with Crippen molar-refractivity contribution in [2.75, 3.05) is 19.0 Å². The molecule has 0 radical (unpaired) electrons. The Hall–Kier alpha value is -2.57. The van der Waals surface area contributed by atoms with Gasteiger partial charge in [0.25, 0.3) is 0 Å². The van der Waals surface area contributed by atoms with Gasteiger partial charge < -0.3 is 20.7 Å². The minimum absolute atomic E-state index is 0.0416. The van der Waals surface area contributed by atoms with Gasteiger partial charge in [-0.15, -0.1) is 0 Å². The minimum Gasteiger partial charge on any atom is -0.465 e. The van der Waals surface area contributed by atoms with Crippen molar-refractivity contribution < 1.29 is 19.1 Å². The van der Waals surface area contributed by atoms with E-state index < -0.39 is 5.97 Å². The highest BCUT2D eigenvalue weighted by Gasteiger charge is 2.31. The second kappa shape index (κ2) is 7.13. The number of ether oxygens (including phenoxy) is 1. The Bertz CT molecular complexity index is 600. The van der Waals surface area contributed by atoms with Gasteiger partial charge in [0.1, 0.15) is 0 Å². The predicted octanol–water partition coefficient (Wildman–Crippen LogP) is 1.59. The van der Waals surface area contributed by atoms with Crippen molar-refractivity contribution in [3.63, 3.8) is 0 Å². The lowest BCUT2D eigenvalue weighted by molar-refractivity contribution is -0.123. The minimum atomic E-state index is -0.433. The van der Waals surface area contributed by atoms with E-state index in [0.717, 1.165) is 6.42 Å². The SMILES string of the molecule is COC(=O)c1ccc(NC(=O)N2C[C@@H](C(N)=O)CC[C@@H]2C)cc1. The highest BCUT2D eigenvalue weighted by Crippen LogP contribution is 2.22. The van der Waals surface area contributed by atoms with Crippen molar-refractivity contribution in [1.29, 1.82) is 0 Å². The number of nitrogens with one attached hydrogen (secondary N) is 1. The first-order chi connectivity index (χ1) is 10.9. The van der Waals surface area contributed by atoms with Crippen molar-refractivity contribution in [2.24, 2.45) is 11.7 Å². The number of esters is 1. The number of urea groups is 1. The molecule has 1 heterocycles. The van der Waals surface area contributed by atoms with E-state index in [0.29, 0.717) is 24.2 Å². The van der Waals surface area contributed by atoms with Crippen molar-refractivity contribution in [2.45, 2.75) is 25.8 Å². The highest BCUT2D eigenvalue weighted by molar-refractivity contribution is 5.92. The standard InChI is InChI=1S/C16H21N3O4/c1-10-3-4-12(14(17)20)9-19(10)16(22)18-13-7-5-11(6-8-13)15(21)23-2/h5-8,10,12H,3-4,9H2,1-2H3,(H2,17,20)(H,18,22)/t10-,12-/m0/s1. The summed E-state index contributed by atoms with van der Waals surface area (Å²) in [5.74, 6) is -1.12. The summed E-state index contributed by atoms with van der Waals surface area (Å²) in [5, 5.41) is 2.77. The maximum absolute atomic E-state index is 12.4. The Labute approximate surface area is 134 Å². The third kappa shape index (κ3) is 4.00. The molecule has 3 N–H and O–H groups in total. The number of hydrogen-bond donors (Lipinski definition) is 2. The lowest BCUT2D eigenvalue weighted by Gasteiger charge is -2.36. The molecule has 1 aliphatic rings. The Kier molecular flexibility index (Phi) is 5.20. The number of carbonyl (C=O) groups excluding carboxylic acids is 3. The number of nitrogens with zero attached hydrogens (tertiary/aromatic N) is 1. The molecule has 7 heteroatoms. The number of carbonyl (C=O) groups is 3. The van der Waals surface area contributed by atoms with Crippen molar-refractivity contribution in [3.05, 3.63) is 29.8 Å². The molecule has 0 saturated carbocycles. The van der Waals surface area contributed by atoms with Crippen LogP contribution in [0.2, 0.25) is 0 Å². The quantitative estimate of drug-likeness (QED) is 0.826. The zero-order chi connectivity index (χ0) is 17.0. The van der Waals surface area contributed by atoms with Crippen LogP contribution in [0.15, 0.2) is 24.3 Å². The Morgan fingerprint density at radius 3 is 2.43 bits per heavy atom. The van der Waals surface area contributed by atoms with E-state index in [1.54, 1.807) is 29.2 Å².